The molecule has 2 atom stereocenters. The Bertz CT molecular complexity index is 676. The normalized spacial score (nSPS) is 18.2. The van der Waals surface area contributed by atoms with Crippen LogP contribution in [0.2, 0.25) is 0 Å². The van der Waals surface area contributed by atoms with Gasteiger partial charge in [0.1, 0.15) is 11.9 Å². The van der Waals surface area contributed by atoms with Gasteiger partial charge in [-0.1, -0.05) is 18.2 Å². The van der Waals surface area contributed by atoms with Crippen molar-refractivity contribution in [2.75, 3.05) is 13.1 Å². The maximum atomic E-state index is 12.5. The molecule has 0 saturated carbocycles. The summed E-state index contributed by atoms with van der Waals surface area (Å²) in [5, 5.41) is 7.98. The van der Waals surface area contributed by atoms with Crippen molar-refractivity contribution in [3.63, 3.8) is 0 Å². The zero-order chi connectivity index (χ0) is 16.9. The Kier molecular flexibility index (Phi) is 4.93. The number of ether oxygens (including phenoxy) is 2. The number of aryl methyl sites for hydroxylation is 1. The molecule has 6 heteroatoms. The highest BCUT2D eigenvalue weighted by molar-refractivity contribution is 5.81. The number of benzene rings is 1. The third kappa shape index (κ3) is 4.01. The van der Waals surface area contributed by atoms with Crippen LogP contribution >= 0.6 is 0 Å². The molecular weight excluding hydrogens is 306 g/mol. The van der Waals surface area contributed by atoms with E-state index in [-0.39, 0.29) is 12.0 Å². The first-order valence-electron chi connectivity index (χ1n) is 8.09. The lowest BCUT2D eigenvalue weighted by Crippen LogP contribution is -2.40. The summed E-state index contributed by atoms with van der Waals surface area (Å²) in [4.78, 5) is 14.3. The third-order valence-corrected chi connectivity index (χ3v) is 3.92. The van der Waals surface area contributed by atoms with Crippen LogP contribution in [0.5, 0.6) is 11.6 Å². The van der Waals surface area contributed by atoms with E-state index in [0.29, 0.717) is 24.7 Å². The first kappa shape index (κ1) is 16.2. The number of para-hydroxylation sites is 1. The number of likely N-dealkylation sites (tertiary alicyclic amines) is 1. The van der Waals surface area contributed by atoms with E-state index in [0.717, 1.165) is 12.1 Å². The molecule has 1 amide bonds. The number of hydrogen-bond donors (Lipinski definition) is 0. The summed E-state index contributed by atoms with van der Waals surface area (Å²) in [7, 11) is 0. The van der Waals surface area contributed by atoms with E-state index >= 15 is 0 Å². The van der Waals surface area contributed by atoms with Gasteiger partial charge in [0.2, 0.25) is 5.88 Å². The van der Waals surface area contributed by atoms with Crippen LogP contribution in [0.15, 0.2) is 42.5 Å². The van der Waals surface area contributed by atoms with Crippen molar-refractivity contribution in [1.29, 1.82) is 0 Å². The number of hydrogen-bond acceptors (Lipinski definition) is 5. The SMILES string of the molecule is Cc1ccc(OC2CCN(C(=O)C(C)Oc3ccccc3)C2)nn1. The van der Waals surface area contributed by atoms with Gasteiger partial charge in [0.05, 0.1) is 12.2 Å². The van der Waals surface area contributed by atoms with Gasteiger partial charge in [0, 0.05) is 19.0 Å². The van der Waals surface area contributed by atoms with Crippen LogP contribution in [-0.2, 0) is 4.79 Å². The van der Waals surface area contributed by atoms with E-state index in [1.54, 1.807) is 17.9 Å². The second kappa shape index (κ2) is 7.29. The van der Waals surface area contributed by atoms with Gasteiger partial charge in [-0.3, -0.25) is 4.79 Å². The minimum absolute atomic E-state index is 0.0278. The van der Waals surface area contributed by atoms with E-state index in [2.05, 4.69) is 10.2 Å². The summed E-state index contributed by atoms with van der Waals surface area (Å²) in [5.41, 5.74) is 0.845. The van der Waals surface area contributed by atoms with Gasteiger partial charge in [0.25, 0.3) is 5.91 Å². The average Bonchev–Trinajstić information content (AvgIpc) is 3.05. The maximum absolute atomic E-state index is 12.5. The summed E-state index contributed by atoms with van der Waals surface area (Å²) in [6.45, 7) is 4.85. The van der Waals surface area contributed by atoms with Crippen molar-refractivity contribution in [3.05, 3.63) is 48.2 Å². The van der Waals surface area contributed by atoms with Crippen molar-refractivity contribution in [3.8, 4) is 11.6 Å². The molecule has 0 spiro atoms. The first-order valence-corrected chi connectivity index (χ1v) is 8.09. The Morgan fingerprint density at radius 3 is 2.71 bits per heavy atom. The fraction of sp³-hybridized carbons (Fsp3) is 0.389. The van der Waals surface area contributed by atoms with Crippen molar-refractivity contribution in [2.45, 2.75) is 32.5 Å². The molecular formula is C18H21N3O3. The minimum Gasteiger partial charge on any atom is -0.481 e. The molecule has 1 aromatic heterocycles. The van der Waals surface area contributed by atoms with Crippen molar-refractivity contribution >= 4 is 5.91 Å². The predicted octanol–water partition coefficient (Wildman–Crippen LogP) is 2.23. The molecule has 1 aliphatic rings. The van der Waals surface area contributed by atoms with Crippen LogP contribution in [0.25, 0.3) is 0 Å². The largest absolute Gasteiger partial charge is 0.481 e. The number of rotatable bonds is 5. The fourth-order valence-electron chi connectivity index (χ4n) is 2.66. The molecule has 2 aromatic rings. The fourth-order valence-corrected chi connectivity index (χ4v) is 2.66. The molecule has 0 radical (unpaired) electrons. The van der Waals surface area contributed by atoms with E-state index < -0.39 is 6.10 Å². The lowest BCUT2D eigenvalue weighted by molar-refractivity contribution is -0.137. The molecule has 2 heterocycles. The molecule has 24 heavy (non-hydrogen) atoms. The number of carbonyl (C=O) groups is 1. The molecule has 126 valence electrons. The van der Waals surface area contributed by atoms with Gasteiger partial charge in [0.15, 0.2) is 6.10 Å². The predicted molar refractivity (Wildman–Crippen MR) is 88.9 cm³/mol. The summed E-state index contributed by atoms with van der Waals surface area (Å²) in [6, 6.07) is 13.0. The van der Waals surface area contributed by atoms with Gasteiger partial charge in [-0.05, 0) is 32.0 Å². The molecule has 0 aliphatic carbocycles. The van der Waals surface area contributed by atoms with Gasteiger partial charge < -0.3 is 14.4 Å². The van der Waals surface area contributed by atoms with E-state index in [4.69, 9.17) is 9.47 Å². The molecule has 1 aromatic carbocycles. The Labute approximate surface area is 141 Å². The van der Waals surface area contributed by atoms with Crippen LogP contribution in [-0.4, -0.2) is 46.3 Å². The first-order chi connectivity index (χ1) is 11.6. The highest BCUT2D eigenvalue weighted by atomic mass is 16.5. The van der Waals surface area contributed by atoms with Gasteiger partial charge >= 0.3 is 0 Å². The third-order valence-electron chi connectivity index (χ3n) is 3.92. The Balaban J connectivity index is 1.52. The van der Waals surface area contributed by atoms with E-state index in [1.165, 1.54) is 0 Å². The summed E-state index contributed by atoms with van der Waals surface area (Å²) in [6.07, 6.45) is 0.194. The number of carbonyl (C=O) groups excluding carboxylic acids is 1. The maximum Gasteiger partial charge on any atom is 0.263 e. The topological polar surface area (TPSA) is 64.5 Å². The van der Waals surface area contributed by atoms with E-state index in [9.17, 15) is 4.79 Å². The zero-order valence-electron chi connectivity index (χ0n) is 13.9. The van der Waals surface area contributed by atoms with Gasteiger partial charge in [-0.2, -0.15) is 5.10 Å². The van der Waals surface area contributed by atoms with Gasteiger partial charge in [-0.15, -0.1) is 5.10 Å². The monoisotopic (exact) mass is 327 g/mol. The molecule has 0 N–H and O–H groups in total. The van der Waals surface area contributed by atoms with E-state index in [1.807, 2.05) is 43.3 Å². The van der Waals surface area contributed by atoms with Crippen molar-refractivity contribution in [1.82, 2.24) is 15.1 Å². The molecule has 1 fully saturated rings. The zero-order valence-corrected chi connectivity index (χ0v) is 13.9. The smallest absolute Gasteiger partial charge is 0.263 e. The number of aromatic nitrogens is 2. The van der Waals surface area contributed by atoms with Crippen molar-refractivity contribution < 1.29 is 14.3 Å². The van der Waals surface area contributed by atoms with Crippen molar-refractivity contribution in [2.24, 2.45) is 0 Å². The molecule has 3 rings (SSSR count). The van der Waals surface area contributed by atoms with Crippen LogP contribution < -0.4 is 9.47 Å². The standard InChI is InChI=1S/C18H21N3O3/c1-13-8-9-17(20-19-13)24-16-10-11-21(12-16)18(22)14(2)23-15-6-4-3-5-7-15/h3-9,14,16H,10-12H2,1-2H3. The lowest BCUT2D eigenvalue weighted by atomic mass is 10.3. The summed E-state index contributed by atoms with van der Waals surface area (Å²) in [5.74, 6) is 1.16. The Morgan fingerprint density at radius 2 is 2.00 bits per heavy atom. The van der Waals surface area contributed by atoms with Crippen LogP contribution in [0.3, 0.4) is 0 Å². The number of amides is 1. The molecule has 6 nitrogen and oxygen atoms in total. The molecule has 1 saturated heterocycles. The second-order valence-electron chi connectivity index (χ2n) is 5.90. The van der Waals surface area contributed by atoms with Gasteiger partial charge in [-0.25, -0.2) is 0 Å². The lowest BCUT2D eigenvalue weighted by Gasteiger charge is -2.21. The summed E-state index contributed by atoms with van der Waals surface area (Å²) < 4.78 is 11.5. The molecule has 2 unspecified atom stereocenters. The van der Waals surface area contributed by atoms with Crippen LogP contribution in [0, 0.1) is 6.92 Å². The quantitative estimate of drug-likeness (QED) is 0.842. The second-order valence-corrected chi connectivity index (χ2v) is 5.90. The minimum atomic E-state index is -0.523. The summed E-state index contributed by atoms with van der Waals surface area (Å²) >= 11 is 0. The average molecular weight is 327 g/mol. The Morgan fingerprint density at radius 1 is 1.21 bits per heavy atom. The van der Waals surface area contributed by atoms with Crippen LogP contribution in [0.1, 0.15) is 19.0 Å². The highest BCUT2D eigenvalue weighted by Gasteiger charge is 2.31. The molecule has 1 aliphatic heterocycles. The molecule has 0 bridgehead atoms. The van der Waals surface area contributed by atoms with Crippen LogP contribution in [0.4, 0.5) is 0 Å². The number of nitrogens with zero attached hydrogens (tertiary/aromatic N) is 3. The highest BCUT2D eigenvalue weighted by Crippen LogP contribution is 2.18. The Hall–Kier alpha value is -2.63.